The Labute approximate surface area is 104 Å². The van der Waals surface area contributed by atoms with Crippen molar-refractivity contribution in [1.29, 1.82) is 0 Å². The Kier molecular flexibility index (Phi) is 3.17. The maximum absolute atomic E-state index is 2.58. The van der Waals surface area contributed by atoms with Crippen LogP contribution in [-0.2, 0) is 6.54 Å². The van der Waals surface area contributed by atoms with Crippen LogP contribution in [0.2, 0.25) is 0 Å². The van der Waals surface area contributed by atoms with Crippen molar-refractivity contribution in [2.75, 3.05) is 7.05 Å². The first-order valence-corrected chi connectivity index (χ1v) is 7.03. The summed E-state index contributed by atoms with van der Waals surface area (Å²) in [4.78, 5) is 1.81. The molecule has 2 bridgehead atoms. The van der Waals surface area contributed by atoms with Crippen LogP contribution < -0.4 is 10.2 Å². The molecule has 2 saturated heterocycles. The molecular weight excluding hydrogens is 208 g/mol. The van der Waals surface area contributed by atoms with Gasteiger partial charge in [0.15, 0.2) is 0 Å². The molecule has 1 aromatic carbocycles. The average molecular weight is 232 g/mol. The fourth-order valence-corrected chi connectivity index (χ4v) is 3.73. The van der Waals surface area contributed by atoms with Gasteiger partial charge in [-0.25, -0.2) is 0 Å². The molecule has 2 heterocycles. The Bertz CT molecular complexity index is 348. The van der Waals surface area contributed by atoms with E-state index >= 15 is 0 Å². The molecule has 2 atom stereocenters. The summed E-state index contributed by atoms with van der Waals surface area (Å²) < 4.78 is 0. The molecule has 1 aromatic rings. The first-order valence-electron chi connectivity index (χ1n) is 7.03. The van der Waals surface area contributed by atoms with Crippen molar-refractivity contribution in [3.63, 3.8) is 0 Å². The number of hydrogen-bond acceptors (Lipinski definition) is 0. The van der Waals surface area contributed by atoms with E-state index in [1.54, 1.807) is 0 Å². The van der Waals surface area contributed by atoms with Gasteiger partial charge in [-0.1, -0.05) is 30.3 Å². The largest absolute Gasteiger partial charge is 0.340 e. The predicted molar refractivity (Wildman–Crippen MR) is 68.8 cm³/mol. The van der Waals surface area contributed by atoms with Crippen LogP contribution in [0.3, 0.4) is 0 Å². The molecule has 0 aliphatic carbocycles. The molecule has 17 heavy (non-hydrogen) atoms. The number of nitrogens with one attached hydrogen (secondary N) is 1. The molecule has 0 saturated carbocycles. The van der Waals surface area contributed by atoms with Gasteiger partial charge in [0.25, 0.3) is 0 Å². The summed E-state index contributed by atoms with van der Waals surface area (Å²) in [7, 11) is 2.40. The third kappa shape index (κ3) is 2.38. The highest BCUT2D eigenvalue weighted by molar-refractivity contribution is 5.13. The molecule has 0 spiro atoms. The van der Waals surface area contributed by atoms with Crippen molar-refractivity contribution in [1.82, 2.24) is 0 Å². The molecule has 2 nitrogen and oxygen atoms in total. The Balaban J connectivity index is 1.54. The molecule has 0 amide bonds. The van der Waals surface area contributed by atoms with Gasteiger partial charge >= 0.3 is 0 Å². The first kappa shape index (κ1) is 11.2. The smallest absolute Gasteiger partial charge is 0.101 e. The molecule has 2 fully saturated rings. The molecule has 3 N–H and O–H groups in total. The lowest BCUT2D eigenvalue weighted by molar-refractivity contribution is -0.931. The van der Waals surface area contributed by atoms with Crippen LogP contribution in [0.5, 0.6) is 0 Å². The highest BCUT2D eigenvalue weighted by atomic mass is 15.2. The molecule has 3 rings (SSSR count). The van der Waals surface area contributed by atoms with Crippen molar-refractivity contribution < 1.29 is 10.2 Å². The van der Waals surface area contributed by atoms with Gasteiger partial charge < -0.3 is 10.2 Å². The third-order valence-corrected chi connectivity index (χ3v) is 4.86. The second kappa shape index (κ2) is 4.79. The summed E-state index contributed by atoms with van der Waals surface area (Å²) in [6, 6.07) is 13.6. The van der Waals surface area contributed by atoms with Crippen molar-refractivity contribution in [3.05, 3.63) is 35.9 Å². The van der Waals surface area contributed by atoms with Gasteiger partial charge in [-0.3, -0.25) is 0 Å². The zero-order chi connectivity index (χ0) is 11.7. The third-order valence-electron chi connectivity index (χ3n) is 4.86. The predicted octanol–water partition coefficient (Wildman–Crippen LogP) is -0.0419. The van der Waals surface area contributed by atoms with Gasteiger partial charge in [0.2, 0.25) is 0 Å². The van der Waals surface area contributed by atoms with Crippen molar-refractivity contribution in [2.45, 2.75) is 50.4 Å². The maximum atomic E-state index is 2.58. The van der Waals surface area contributed by atoms with E-state index in [2.05, 4.69) is 42.7 Å². The van der Waals surface area contributed by atoms with E-state index in [1.807, 2.05) is 4.90 Å². The van der Waals surface area contributed by atoms with E-state index in [9.17, 15) is 0 Å². The summed E-state index contributed by atoms with van der Waals surface area (Å²) in [6.07, 6.45) is 5.78. The number of rotatable bonds is 3. The molecular formula is C15H24N2+2. The lowest BCUT2D eigenvalue weighted by atomic mass is 9.98. The minimum absolute atomic E-state index is 0.872. The minimum atomic E-state index is 0.872. The molecule has 2 aliphatic heterocycles. The van der Waals surface area contributed by atoms with E-state index in [0.717, 1.165) is 24.7 Å². The second-order valence-electron chi connectivity index (χ2n) is 5.87. The van der Waals surface area contributed by atoms with E-state index in [1.165, 1.54) is 31.2 Å². The lowest BCUT2D eigenvalue weighted by Crippen LogP contribution is -3.17. The highest BCUT2D eigenvalue weighted by Crippen LogP contribution is 2.20. The van der Waals surface area contributed by atoms with E-state index in [0.29, 0.717) is 0 Å². The number of benzene rings is 1. The minimum Gasteiger partial charge on any atom is -0.340 e. The van der Waals surface area contributed by atoms with E-state index < -0.39 is 0 Å². The number of piperidine rings is 1. The SMILES string of the molecule is C[NH+]1[C@@H]2CC[C@@H]1CC([NH2+]Cc1ccccc1)C2. The molecule has 0 unspecified atom stereocenters. The van der Waals surface area contributed by atoms with Crippen LogP contribution in [0, 0.1) is 0 Å². The van der Waals surface area contributed by atoms with Crippen LogP contribution in [0.4, 0.5) is 0 Å². The topological polar surface area (TPSA) is 21.1 Å². The van der Waals surface area contributed by atoms with Gasteiger partial charge in [0.05, 0.1) is 38.0 Å². The first-order chi connectivity index (χ1) is 8.33. The summed E-state index contributed by atoms with van der Waals surface area (Å²) in [5.74, 6) is 0. The maximum Gasteiger partial charge on any atom is 0.101 e. The fourth-order valence-electron chi connectivity index (χ4n) is 3.73. The standard InChI is InChI=1S/C15H22N2/c1-17-14-7-8-15(17)10-13(9-14)16-11-12-5-3-2-4-6-12/h2-6,13-16H,7-11H2,1H3/p+2/t14-,15-/m1/s1. The van der Waals surface area contributed by atoms with Crippen LogP contribution in [0.15, 0.2) is 30.3 Å². The monoisotopic (exact) mass is 232 g/mol. The van der Waals surface area contributed by atoms with Gasteiger partial charge in [0.1, 0.15) is 6.54 Å². The number of quaternary nitrogens is 2. The molecule has 92 valence electrons. The van der Waals surface area contributed by atoms with Crippen molar-refractivity contribution in [2.24, 2.45) is 0 Å². The Morgan fingerprint density at radius 1 is 1.12 bits per heavy atom. The zero-order valence-corrected chi connectivity index (χ0v) is 10.7. The zero-order valence-electron chi connectivity index (χ0n) is 10.7. The Morgan fingerprint density at radius 2 is 1.76 bits per heavy atom. The van der Waals surface area contributed by atoms with Crippen molar-refractivity contribution in [3.8, 4) is 0 Å². The summed E-state index contributed by atoms with van der Waals surface area (Å²) in [5, 5.41) is 2.58. The summed E-state index contributed by atoms with van der Waals surface area (Å²) in [6.45, 7) is 1.16. The van der Waals surface area contributed by atoms with E-state index in [4.69, 9.17) is 0 Å². The van der Waals surface area contributed by atoms with Crippen LogP contribution >= 0.6 is 0 Å². The van der Waals surface area contributed by atoms with Crippen molar-refractivity contribution >= 4 is 0 Å². The van der Waals surface area contributed by atoms with Gasteiger partial charge in [-0.05, 0) is 0 Å². The Hall–Kier alpha value is -0.860. The number of fused-ring (bicyclic) bond motifs is 2. The number of hydrogen-bond donors (Lipinski definition) is 2. The normalized spacial score (nSPS) is 36.1. The molecule has 2 heteroatoms. The summed E-state index contributed by atoms with van der Waals surface area (Å²) >= 11 is 0. The summed E-state index contributed by atoms with van der Waals surface area (Å²) in [5.41, 5.74) is 1.46. The van der Waals surface area contributed by atoms with E-state index in [-0.39, 0.29) is 0 Å². The number of nitrogens with two attached hydrogens (primary N) is 1. The lowest BCUT2D eigenvalue weighted by Gasteiger charge is -2.32. The highest BCUT2D eigenvalue weighted by Gasteiger charge is 2.43. The molecule has 2 aliphatic rings. The van der Waals surface area contributed by atoms with Crippen LogP contribution in [0.25, 0.3) is 0 Å². The van der Waals surface area contributed by atoms with Gasteiger partial charge in [0, 0.05) is 18.4 Å². The Morgan fingerprint density at radius 3 is 2.41 bits per heavy atom. The molecule has 0 aromatic heterocycles. The van der Waals surface area contributed by atoms with Gasteiger partial charge in [-0.2, -0.15) is 0 Å². The van der Waals surface area contributed by atoms with Crippen LogP contribution in [0.1, 0.15) is 31.2 Å². The van der Waals surface area contributed by atoms with Gasteiger partial charge in [-0.15, -0.1) is 0 Å². The fraction of sp³-hybridized carbons (Fsp3) is 0.600. The second-order valence-corrected chi connectivity index (χ2v) is 5.87. The quantitative estimate of drug-likeness (QED) is 0.730. The van der Waals surface area contributed by atoms with Crippen LogP contribution in [-0.4, -0.2) is 25.2 Å². The average Bonchev–Trinajstić information content (AvgIpc) is 2.61. The molecule has 0 radical (unpaired) electrons.